The topological polar surface area (TPSA) is 96.5 Å². The number of nitrogens with zero attached hydrogens (tertiary/aromatic N) is 1. The summed E-state index contributed by atoms with van der Waals surface area (Å²) in [6.07, 6.45) is 2.19. The molecule has 146 valence electrons. The van der Waals surface area contributed by atoms with Crippen molar-refractivity contribution in [3.8, 4) is 11.1 Å². The predicted molar refractivity (Wildman–Crippen MR) is 108 cm³/mol. The molecule has 3 rings (SSSR count). The summed E-state index contributed by atoms with van der Waals surface area (Å²) in [5.41, 5.74) is 8.80. The molecule has 1 amide bonds. The Labute approximate surface area is 164 Å². The molecule has 2 aromatic rings. The van der Waals surface area contributed by atoms with Crippen LogP contribution in [0.2, 0.25) is 0 Å². The number of amidine groups is 1. The first-order valence-electron chi connectivity index (χ1n) is 9.39. The van der Waals surface area contributed by atoms with Gasteiger partial charge in [-0.1, -0.05) is 36.4 Å². The van der Waals surface area contributed by atoms with E-state index in [1.165, 1.54) is 7.11 Å². The zero-order valence-corrected chi connectivity index (χ0v) is 16.0. The molecule has 1 aliphatic heterocycles. The maximum Gasteiger partial charge on any atom is 0.305 e. The molecule has 1 heterocycles. The maximum absolute atomic E-state index is 12.8. The summed E-state index contributed by atoms with van der Waals surface area (Å²) in [5.74, 6) is -0.0313. The number of hydrogen-bond acceptors (Lipinski definition) is 4. The van der Waals surface area contributed by atoms with Crippen LogP contribution < -0.4 is 5.73 Å². The van der Waals surface area contributed by atoms with E-state index in [0.29, 0.717) is 30.6 Å². The molecule has 1 fully saturated rings. The van der Waals surface area contributed by atoms with E-state index in [4.69, 9.17) is 15.9 Å². The molecule has 6 heteroatoms. The Morgan fingerprint density at radius 3 is 2.18 bits per heavy atom. The van der Waals surface area contributed by atoms with Crippen molar-refractivity contribution >= 4 is 17.7 Å². The van der Waals surface area contributed by atoms with Gasteiger partial charge in [-0.25, -0.2) is 0 Å². The van der Waals surface area contributed by atoms with Crippen LogP contribution in [0.5, 0.6) is 0 Å². The number of nitrogens with two attached hydrogens (primary N) is 1. The Bertz CT molecular complexity index is 860. The van der Waals surface area contributed by atoms with Crippen molar-refractivity contribution in [3.63, 3.8) is 0 Å². The highest BCUT2D eigenvalue weighted by atomic mass is 16.5. The highest BCUT2D eigenvalue weighted by Crippen LogP contribution is 2.24. The molecule has 1 unspecified atom stereocenters. The fourth-order valence-corrected chi connectivity index (χ4v) is 3.57. The van der Waals surface area contributed by atoms with E-state index in [0.717, 1.165) is 24.0 Å². The number of hydrogen-bond donors (Lipinski definition) is 2. The smallest absolute Gasteiger partial charge is 0.305 e. The summed E-state index contributed by atoms with van der Waals surface area (Å²) in [7, 11) is 1.39. The SMILES string of the molecule is COC(=O)CC1CCCN(C(=O)c2ccc(-c3ccc(C(=N)N)cc3)cc2)C1. The van der Waals surface area contributed by atoms with Gasteiger partial charge in [0.05, 0.1) is 7.11 Å². The first-order chi connectivity index (χ1) is 13.5. The van der Waals surface area contributed by atoms with Gasteiger partial charge in [0.25, 0.3) is 5.91 Å². The molecule has 0 bridgehead atoms. The fraction of sp³-hybridized carbons (Fsp3) is 0.318. The quantitative estimate of drug-likeness (QED) is 0.474. The molecule has 0 radical (unpaired) electrons. The van der Waals surface area contributed by atoms with Gasteiger partial charge in [0.15, 0.2) is 0 Å². The van der Waals surface area contributed by atoms with E-state index in [1.807, 2.05) is 53.4 Å². The third-order valence-electron chi connectivity index (χ3n) is 5.15. The van der Waals surface area contributed by atoms with Gasteiger partial charge in [0.1, 0.15) is 5.84 Å². The first-order valence-corrected chi connectivity index (χ1v) is 9.39. The molecule has 6 nitrogen and oxygen atoms in total. The summed E-state index contributed by atoms with van der Waals surface area (Å²) in [6, 6.07) is 15.0. The molecular formula is C22H25N3O3. The van der Waals surface area contributed by atoms with E-state index in [1.54, 1.807) is 0 Å². The van der Waals surface area contributed by atoms with E-state index in [-0.39, 0.29) is 23.6 Å². The molecule has 0 aliphatic carbocycles. The second kappa shape index (κ2) is 8.69. The van der Waals surface area contributed by atoms with E-state index >= 15 is 0 Å². The van der Waals surface area contributed by atoms with Crippen LogP contribution in [0.3, 0.4) is 0 Å². The third kappa shape index (κ3) is 4.57. The normalized spacial score (nSPS) is 16.5. The van der Waals surface area contributed by atoms with Crippen LogP contribution in [0.4, 0.5) is 0 Å². The van der Waals surface area contributed by atoms with Gasteiger partial charge in [-0.2, -0.15) is 0 Å². The third-order valence-corrected chi connectivity index (χ3v) is 5.15. The molecule has 2 aromatic carbocycles. The zero-order chi connectivity index (χ0) is 20.1. The second-order valence-corrected chi connectivity index (χ2v) is 7.11. The second-order valence-electron chi connectivity index (χ2n) is 7.11. The first kappa shape index (κ1) is 19.6. The fourth-order valence-electron chi connectivity index (χ4n) is 3.57. The van der Waals surface area contributed by atoms with E-state index in [9.17, 15) is 9.59 Å². The molecule has 28 heavy (non-hydrogen) atoms. The lowest BCUT2D eigenvalue weighted by molar-refractivity contribution is -0.142. The lowest BCUT2D eigenvalue weighted by atomic mass is 9.94. The molecular weight excluding hydrogens is 354 g/mol. The van der Waals surface area contributed by atoms with E-state index in [2.05, 4.69) is 0 Å². The largest absolute Gasteiger partial charge is 0.469 e. The van der Waals surface area contributed by atoms with Gasteiger partial charge >= 0.3 is 5.97 Å². The predicted octanol–water partition coefficient (Wildman–Crippen LogP) is 3.05. The Morgan fingerprint density at radius 2 is 1.64 bits per heavy atom. The van der Waals surface area contributed by atoms with Gasteiger partial charge < -0.3 is 15.4 Å². The van der Waals surface area contributed by atoms with Gasteiger partial charge in [-0.3, -0.25) is 15.0 Å². The number of ether oxygens (including phenoxy) is 1. The van der Waals surface area contributed by atoms with Gasteiger partial charge in [0, 0.05) is 30.6 Å². The van der Waals surface area contributed by atoms with Gasteiger partial charge in [-0.15, -0.1) is 0 Å². The lowest BCUT2D eigenvalue weighted by Gasteiger charge is -2.32. The molecule has 1 atom stereocenters. The summed E-state index contributed by atoms with van der Waals surface area (Å²) in [5, 5.41) is 7.46. The number of carbonyl (C=O) groups is 2. The standard InChI is InChI=1S/C22H25N3O3/c1-28-20(26)13-15-3-2-12-25(14-15)22(27)19-10-6-17(7-11-19)16-4-8-18(9-5-16)21(23)24/h4-11,15H,2-3,12-14H2,1H3,(H3,23,24). The number of esters is 1. The summed E-state index contributed by atoms with van der Waals surface area (Å²) in [4.78, 5) is 26.2. The number of benzene rings is 2. The monoisotopic (exact) mass is 379 g/mol. The van der Waals surface area contributed by atoms with Crippen LogP contribution in [-0.2, 0) is 9.53 Å². The average Bonchev–Trinajstić information content (AvgIpc) is 2.73. The van der Waals surface area contributed by atoms with Crippen molar-refractivity contribution in [2.45, 2.75) is 19.3 Å². The highest BCUT2D eigenvalue weighted by molar-refractivity contribution is 5.96. The van der Waals surface area contributed by atoms with Crippen LogP contribution in [-0.4, -0.2) is 42.8 Å². The molecule has 3 N–H and O–H groups in total. The maximum atomic E-state index is 12.8. The van der Waals surface area contributed by atoms with Crippen molar-refractivity contribution in [1.82, 2.24) is 4.90 Å². The van der Waals surface area contributed by atoms with Crippen molar-refractivity contribution in [2.24, 2.45) is 11.7 Å². The van der Waals surface area contributed by atoms with Crippen molar-refractivity contribution in [3.05, 3.63) is 59.7 Å². The number of nitrogens with one attached hydrogen (secondary N) is 1. The minimum Gasteiger partial charge on any atom is -0.469 e. The van der Waals surface area contributed by atoms with Crippen LogP contribution in [0, 0.1) is 11.3 Å². The number of carbonyl (C=O) groups excluding carboxylic acids is 2. The van der Waals surface area contributed by atoms with Crippen molar-refractivity contribution in [1.29, 1.82) is 5.41 Å². The summed E-state index contributed by atoms with van der Waals surface area (Å²) in [6.45, 7) is 1.30. The number of methoxy groups -OCH3 is 1. The number of rotatable bonds is 5. The Morgan fingerprint density at radius 1 is 1.07 bits per heavy atom. The summed E-state index contributed by atoms with van der Waals surface area (Å²) < 4.78 is 4.75. The number of nitrogen functional groups attached to an aromatic ring is 1. The van der Waals surface area contributed by atoms with Crippen molar-refractivity contribution in [2.75, 3.05) is 20.2 Å². The molecule has 1 saturated heterocycles. The molecule has 0 saturated carbocycles. The Kier molecular flexibility index (Phi) is 6.09. The lowest BCUT2D eigenvalue weighted by Crippen LogP contribution is -2.40. The number of likely N-dealkylation sites (tertiary alicyclic amines) is 1. The number of piperidine rings is 1. The number of amides is 1. The average molecular weight is 379 g/mol. The van der Waals surface area contributed by atoms with Crippen LogP contribution >= 0.6 is 0 Å². The zero-order valence-electron chi connectivity index (χ0n) is 16.0. The van der Waals surface area contributed by atoms with Crippen LogP contribution in [0.25, 0.3) is 11.1 Å². The van der Waals surface area contributed by atoms with E-state index < -0.39 is 0 Å². The molecule has 1 aliphatic rings. The van der Waals surface area contributed by atoms with Crippen molar-refractivity contribution < 1.29 is 14.3 Å². The minimum absolute atomic E-state index is 0.00644. The van der Waals surface area contributed by atoms with Crippen LogP contribution in [0.15, 0.2) is 48.5 Å². The Balaban J connectivity index is 1.67. The molecule has 0 spiro atoms. The van der Waals surface area contributed by atoms with Crippen LogP contribution in [0.1, 0.15) is 35.2 Å². The minimum atomic E-state index is -0.223. The van der Waals surface area contributed by atoms with Gasteiger partial charge in [0.2, 0.25) is 0 Å². The van der Waals surface area contributed by atoms with Gasteiger partial charge in [-0.05, 0) is 42.0 Å². The highest BCUT2D eigenvalue weighted by Gasteiger charge is 2.26. The summed E-state index contributed by atoms with van der Waals surface area (Å²) >= 11 is 0. The Hall–Kier alpha value is -3.15. The molecule has 0 aromatic heterocycles.